The van der Waals surface area contributed by atoms with Crippen molar-refractivity contribution in [3.05, 3.63) is 71.8 Å². The van der Waals surface area contributed by atoms with Crippen molar-refractivity contribution in [2.45, 2.75) is 44.8 Å². The number of amides is 1. The number of hydrogen-bond acceptors (Lipinski definition) is 4. The van der Waals surface area contributed by atoms with Gasteiger partial charge in [-0.3, -0.25) is 4.90 Å². The molecule has 0 bridgehead atoms. The van der Waals surface area contributed by atoms with Gasteiger partial charge in [-0.25, -0.2) is 9.59 Å². The first-order valence-electron chi connectivity index (χ1n) is 9.92. The highest BCUT2D eigenvalue weighted by atomic mass is 16.6. The van der Waals surface area contributed by atoms with Crippen LogP contribution in [0.2, 0.25) is 0 Å². The highest BCUT2D eigenvalue weighted by Crippen LogP contribution is 2.20. The Morgan fingerprint density at radius 1 is 0.893 bits per heavy atom. The van der Waals surface area contributed by atoms with Crippen LogP contribution in [-0.4, -0.2) is 36.2 Å². The molecular formula is C23H27NO4. The Kier molecular flexibility index (Phi) is 7.47. The van der Waals surface area contributed by atoms with E-state index >= 15 is 0 Å². The van der Waals surface area contributed by atoms with E-state index in [0.717, 1.165) is 31.2 Å². The standard InChI is InChI=1S/C23H27NO4/c25-22(27-17-9-14-19-10-3-1-4-11-19)21-15-7-8-16-24(21)23(26)28-18-20-12-5-2-6-13-20/h1-6,10-13,21H,7-9,14-18H2. The third kappa shape index (κ3) is 5.84. The Morgan fingerprint density at radius 3 is 2.29 bits per heavy atom. The number of aryl methyl sites for hydroxylation is 1. The zero-order valence-electron chi connectivity index (χ0n) is 16.1. The van der Waals surface area contributed by atoms with Crippen molar-refractivity contribution in [3.8, 4) is 0 Å². The average Bonchev–Trinajstić information content (AvgIpc) is 2.76. The molecule has 0 aromatic heterocycles. The summed E-state index contributed by atoms with van der Waals surface area (Å²) in [6.45, 7) is 1.09. The van der Waals surface area contributed by atoms with E-state index in [0.29, 0.717) is 19.6 Å². The highest BCUT2D eigenvalue weighted by Gasteiger charge is 2.34. The summed E-state index contributed by atoms with van der Waals surface area (Å²) < 4.78 is 10.9. The zero-order valence-corrected chi connectivity index (χ0v) is 16.1. The van der Waals surface area contributed by atoms with Gasteiger partial charge in [-0.05, 0) is 43.2 Å². The van der Waals surface area contributed by atoms with Crippen LogP contribution in [0.4, 0.5) is 4.79 Å². The van der Waals surface area contributed by atoms with Crippen LogP contribution in [0.1, 0.15) is 36.8 Å². The van der Waals surface area contributed by atoms with Gasteiger partial charge in [-0.1, -0.05) is 60.7 Å². The lowest BCUT2D eigenvalue weighted by molar-refractivity contribution is -0.150. The van der Waals surface area contributed by atoms with E-state index < -0.39 is 12.1 Å². The normalized spacial score (nSPS) is 16.4. The molecule has 0 aliphatic carbocycles. The predicted molar refractivity (Wildman–Crippen MR) is 107 cm³/mol. The molecule has 1 saturated heterocycles. The number of ether oxygens (including phenoxy) is 2. The van der Waals surface area contributed by atoms with Crippen LogP contribution in [0.25, 0.3) is 0 Å². The molecule has 148 valence electrons. The summed E-state index contributed by atoms with van der Waals surface area (Å²) in [5, 5.41) is 0. The topological polar surface area (TPSA) is 55.8 Å². The molecule has 2 aromatic rings. The van der Waals surface area contributed by atoms with E-state index in [1.165, 1.54) is 10.5 Å². The fraction of sp³-hybridized carbons (Fsp3) is 0.391. The molecule has 1 unspecified atom stereocenters. The van der Waals surface area contributed by atoms with Gasteiger partial charge in [-0.15, -0.1) is 0 Å². The number of esters is 1. The molecule has 1 aliphatic heterocycles. The largest absolute Gasteiger partial charge is 0.464 e. The Bertz CT molecular complexity index is 748. The van der Waals surface area contributed by atoms with E-state index in [1.807, 2.05) is 48.5 Å². The lowest BCUT2D eigenvalue weighted by Crippen LogP contribution is -2.48. The first-order valence-corrected chi connectivity index (χ1v) is 9.92. The lowest BCUT2D eigenvalue weighted by atomic mass is 10.0. The monoisotopic (exact) mass is 381 g/mol. The van der Waals surface area contributed by atoms with E-state index in [1.54, 1.807) is 0 Å². The minimum atomic E-state index is -0.547. The lowest BCUT2D eigenvalue weighted by Gasteiger charge is -2.33. The van der Waals surface area contributed by atoms with Gasteiger partial charge in [-0.2, -0.15) is 0 Å². The summed E-state index contributed by atoms with van der Waals surface area (Å²) in [6.07, 6.45) is 3.58. The van der Waals surface area contributed by atoms with Gasteiger partial charge in [0, 0.05) is 6.54 Å². The minimum absolute atomic E-state index is 0.203. The predicted octanol–water partition coefficient (Wildman–Crippen LogP) is 4.35. The fourth-order valence-corrected chi connectivity index (χ4v) is 3.39. The van der Waals surface area contributed by atoms with E-state index in [-0.39, 0.29) is 12.6 Å². The first-order chi connectivity index (χ1) is 13.7. The number of rotatable bonds is 7. The summed E-state index contributed by atoms with van der Waals surface area (Å²) in [4.78, 5) is 26.5. The summed E-state index contributed by atoms with van der Waals surface area (Å²) in [6, 6.07) is 19.1. The molecule has 1 heterocycles. The van der Waals surface area contributed by atoms with Gasteiger partial charge in [0.25, 0.3) is 0 Å². The number of likely N-dealkylation sites (tertiary alicyclic amines) is 1. The Balaban J connectivity index is 1.46. The molecule has 1 fully saturated rings. The molecule has 1 atom stereocenters. The zero-order chi connectivity index (χ0) is 19.6. The molecule has 1 amide bonds. The number of piperidine rings is 1. The average molecular weight is 381 g/mol. The molecule has 0 spiro atoms. The molecule has 3 rings (SSSR count). The fourth-order valence-electron chi connectivity index (χ4n) is 3.39. The van der Waals surface area contributed by atoms with Crippen molar-refractivity contribution in [3.63, 3.8) is 0 Å². The first kappa shape index (κ1) is 19.9. The van der Waals surface area contributed by atoms with Crippen LogP contribution in [-0.2, 0) is 27.3 Å². The van der Waals surface area contributed by atoms with E-state index in [9.17, 15) is 9.59 Å². The molecule has 5 heteroatoms. The van der Waals surface area contributed by atoms with Crippen molar-refractivity contribution in [1.29, 1.82) is 0 Å². The summed E-state index contributed by atoms with van der Waals surface area (Å²) in [5.74, 6) is -0.329. The van der Waals surface area contributed by atoms with Crippen molar-refractivity contribution >= 4 is 12.1 Å². The van der Waals surface area contributed by atoms with Gasteiger partial charge in [0.15, 0.2) is 0 Å². The van der Waals surface area contributed by atoms with Crippen LogP contribution in [0.15, 0.2) is 60.7 Å². The molecule has 0 saturated carbocycles. The van der Waals surface area contributed by atoms with Crippen molar-refractivity contribution in [1.82, 2.24) is 4.90 Å². The number of benzene rings is 2. The van der Waals surface area contributed by atoms with Crippen LogP contribution in [0.5, 0.6) is 0 Å². The van der Waals surface area contributed by atoms with Crippen LogP contribution in [0.3, 0.4) is 0 Å². The minimum Gasteiger partial charge on any atom is -0.464 e. The summed E-state index contributed by atoms with van der Waals surface area (Å²) in [5.41, 5.74) is 2.15. The maximum atomic E-state index is 12.5. The molecular weight excluding hydrogens is 354 g/mol. The third-order valence-electron chi connectivity index (χ3n) is 4.91. The third-order valence-corrected chi connectivity index (χ3v) is 4.91. The van der Waals surface area contributed by atoms with Crippen LogP contribution >= 0.6 is 0 Å². The van der Waals surface area contributed by atoms with Gasteiger partial charge < -0.3 is 9.47 Å². The van der Waals surface area contributed by atoms with Gasteiger partial charge in [0.05, 0.1) is 6.61 Å². The van der Waals surface area contributed by atoms with Crippen molar-refractivity contribution < 1.29 is 19.1 Å². The van der Waals surface area contributed by atoms with Crippen molar-refractivity contribution in [2.75, 3.05) is 13.2 Å². The Morgan fingerprint density at radius 2 is 1.57 bits per heavy atom. The maximum absolute atomic E-state index is 12.5. The second-order valence-electron chi connectivity index (χ2n) is 7.00. The van der Waals surface area contributed by atoms with Crippen LogP contribution in [0, 0.1) is 0 Å². The molecule has 5 nitrogen and oxygen atoms in total. The van der Waals surface area contributed by atoms with Gasteiger partial charge in [0.1, 0.15) is 12.6 Å². The molecule has 1 aliphatic rings. The smallest absolute Gasteiger partial charge is 0.410 e. The summed E-state index contributed by atoms with van der Waals surface area (Å²) >= 11 is 0. The molecule has 2 aromatic carbocycles. The quantitative estimate of drug-likeness (QED) is 0.528. The highest BCUT2D eigenvalue weighted by molar-refractivity contribution is 5.81. The number of carbonyl (C=O) groups is 2. The van der Waals surface area contributed by atoms with E-state index in [4.69, 9.17) is 9.47 Å². The van der Waals surface area contributed by atoms with Crippen LogP contribution < -0.4 is 0 Å². The van der Waals surface area contributed by atoms with E-state index in [2.05, 4.69) is 12.1 Å². The summed E-state index contributed by atoms with van der Waals surface area (Å²) in [7, 11) is 0. The second-order valence-corrected chi connectivity index (χ2v) is 7.00. The molecule has 28 heavy (non-hydrogen) atoms. The molecule has 0 N–H and O–H groups in total. The van der Waals surface area contributed by atoms with Gasteiger partial charge >= 0.3 is 12.1 Å². The SMILES string of the molecule is O=C(OCCCc1ccccc1)C1CCCCN1C(=O)OCc1ccccc1. The Hall–Kier alpha value is -2.82. The number of carbonyl (C=O) groups excluding carboxylic acids is 2. The number of nitrogens with zero attached hydrogens (tertiary/aromatic N) is 1. The maximum Gasteiger partial charge on any atom is 0.410 e. The number of hydrogen-bond donors (Lipinski definition) is 0. The van der Waals surface area contributed by atoms with Crippen molar-refractivity contribution in [2.24, 2.45) is 0 Å². The van der Waals surface area contributed by atoms with Gasteiger partial charge in [0.2, 0.25) is 0 Å². The second kappa shape index (κ2) is 10.5. The Labute approximate surface area is 166 Å². The molecule has 0 radical (unpaired) electrons.